The minimum atomic E-state index is 0.871. The standard InChI is InChI=1S/2C46H27N3.C42H27N3/c1-2-10-28(11-3-1)30-20-22-42-39(25-30)37-18-9-19-38-40-26-31(21-23-43(40)49(42)46(37)38)29-12-8-13-32(24-29)41-27-47-44-35-16-6-4-14-33(35)34-15-5-7-17-36(34)45(44)48-41;1-2-11-28(12-3-1)32-25-39-35-17-8-9-20-42(35)49-43-22-21-30(24-38(43)40(26-32)46(39)49)29-13-10-14-31(23-29)41-27-47-44-36-18-6-4-15-33(36)34-16-5-7-19-37(34)45(44)48-41;1-24-11-17-38-33(19-24)35-20-25(2)21-36-34-22-28(16-18-39(34)45(38)42(35)36)26-12-14-27(15-13-26)37-23-43-40-31-9-5-3-7-29(31)30-8-4-6-10-32(30)41(40)44-37/h2*1-27H;3-23H,1-2H3. The molecule has 9 nitrogen and oxygen atoms in total. The Kier molecular flexibility index (Phi) is 17.5. The molecular formula is C134H81N9. The van der Waals surface area contributed by atoms with Crippen molar-refractivity contribution in [3.8, 4) is 89.4 Å². The lowest BCUT2D eigenvalue weighted by molar-refractivity contribution is 1.31. The van der Waals surface area contributed by atoms with Crippen molar-refractivity contribution < 1.29 is 0 Å². The normalized spacial score (nSPS) is 12.1. The molecule has 143 heavy (non-hydrogen) atoms. The predicted octanol–water partition coefficient (Wildman–Crippen LogP) is 35.2. The van der Waals surface area contributed by atoms with E-state index in [4.69, 9.17) is 29.9 Å². The molecule has 0 aliphatic carbocycles. The van der Waals surface area contributed by atoms with E-state index in [9.17, 15) is 0 Å². The van der Waals surface area contributed by atoms with Crippen LogP contribution in [-0.4, -0.2) is 43.1 Å². The van der Waals surface area contributed by atoms with E-state index in [2.05, 4.69) is 464 Å². The lowest BCUT2D eigenvalue weighted by Crippen LogP contribution is -1.92. The molecule has 9 heteroatoms. The van der Waals surface area contributed by atoms with Crippen molar-refractivity contribution in [2.75, 3.05) is 0 Å². The van der Waals surface area contributed by atoms with Gasteiger partial charge < -0.3 is 13.2 Å². The van der Waals surface area contributed by atoms with Crippen LogP contribution in [0.3, 0.4) is 0 Å². The molecule has 0 aliphatic rings. The first-order chi connectivity index (χ1) is 70.7. The number of fused-ring (bicyclic) bond motifs is 36. The van der Waals surface area contributed by atoms with Crippen LogP contribution in [0.15, 0.2) is 455 Å². The fourth-order valence-electron chi connectivity index (χ4n) is 23.8. The summed E-state index contributed by atoms with van der Waals surface area (Å²) >= 11 is 0. The van der Waals surface area contributed by atoms with Crippen LogP contribution in [0.25, 0.3) is 301 Å². The Labute approximate surface area is 819 Å². The van der Waals surface area contributed by atoms with Crippen LogP contribution >= 0.6 is 0 Å². The first-order valence-corrected chi connectivity index (χ1v) is 49.0. The molecule has 0 saturated carbocycles. The van der Waals surface area contributed by atoms with Gasteiger partial charge in [0.25, 0.3) is 0 Å². The second-order valence-corrected chi connectivity index (χ2v) is 38.4. The summed E-state index contributed by atoms with van der Waals surface area (Å²) in [4.78, 5) is 30.7. The number of aryl methyl sites for hydroxylation is 2. The fraction of sp³-hybridized carbons (Fsp3) is 0.0149. The van der Waals surface area contributed by atoms with Crippen LogP contribution in [0.2, 0.25) is 0 Å². The average molecular weight is 1820 g/mol. The van der Waals surface area contributed by atoms with E-state index in [0.29, 0.717) is 0 Å². The SMILES string of the molecule is Cc1ccc2c(c1)c1cc(C)cc3c4cc(-c5ccc(-c6cnc7c8ccccc8c8ccccc8c7n6)cc5)ccc4n2c13.c1ccc(-c2cc3c4ccccc4n4c5ccc(-c6cccc(-c7cnc8c9ccccc9c9ccccc9c8n7)c6)cc5c(c2)c34)cc1.c1ccc(-c2ccc3c(c2)c2cccc4c5cc(-c6cccc(-c7cnc8c9ccccc9c9ccccc9c8n7)c6)ccc5n3c24)cc1. The molecule has 0 radical (unpaired) electrons. The Morgan fingerprint density at radius 3 is 0.790 bits per heavy atom. The molecule has 9 aromatic heterocycles. The van der Waals surface area contributed by atoms with Gasteiger partial charge in [0.05, 0.1) is 118 Å². The number of aromatic nitrogens is 9. The minimum absolute atomic E-state index is 0.871. The van der Waals surface area contributed by atoms with Crippen LogP contribution in [-0.2, 0) is 0 Å². The largest absolute Gasteiger partial charge is 0.308 e. The third-order valence-electron chi connectivity index (χ3n) is 30.3. The van der Waals surface area contributed by atoms with Crippen molar-refractivity contribution in [1.82, 2.24) is 43.1 Å². The van der Waals surface area contributed by atoms with Crippen LogP contribution in [0, 0.1) is 13.8 Å². The molecule has 0 N–H and O–H groups in total. The smallest absolute Gasteiger partial charge is 0.0979 e. The quantitative estimate of drug-likeness (QED) is 0.141. The Morgan fingerprint density at radius 1 is 0.140 bits per heavy atom. The molecule has 662 valence electrons. The summed E-state index contributed by atoms with van der Waals surface area (Å²) in [7, 11) is 0. The second-order valence-electron chi connectivity index (χ2n) is 38.4. The molecule has 0 amide bonds. The highest BCUT2D eigenvalue weighted by Crippen LogP contribution is 2.49. The maximum atomic E-state index is 5.26. The fourth-order valence-corrected chi connectivity index (χ4v) is 23.8. The van der Waals surface area contributed by atoms with Gasteiger partial charge in [-0.1, -0.05) is 339 Å². The van der Waals surface area contributed by atoms with E-state index >= 15 is 0 Å². The number of hydrogen-bond donors (Lipinski definition) is 0. The van der Waals surface area contributed by atoms with Gasteiger partial charge in [0.1, 0.15) is 0 Å². The van der Waals surface area contributed by atoms with Crippen LogP contribution in [0.1, 0.15) is 11.1 Å². The van der Waals surface area contributed by atoms with Crippen molar-refractivity contribution in [2.24, 2.45) is 0 Å². The summed E-state index contributed by atoms with van der Waals surface area (Å²) in [5.41, 5.74) is 37.4. The Balaban J connectivity index is 0.000000100. The van der Waals surface area contributed by atoms with E-state index in [-0.39, 0.29) is 0 Å². The van der Waals surface area contributed by atoms with Crippen molar-refractivity contribution in [2.45, 2.75) is 13.8 Å². The number of hydrogen-bond acceptors (Lipinski definition) is 6. The van der Waals surface area contributed by atoms with Gasteiger partial charge >= 0.3 is 0 Å². The number of rotatable bonds is 8. The molecule has 32 aromatic rings. The summed E-state index contributed by atoms with van der Waals surface area (Å²) in [6.45, 7) is 4.38. The molecular weight excluding hydrogens is 1740 g/mol. The highest BCUT2D eigenvalue weighted by molar-refractivity contribution is 6.30. The van der Waals surface area contributed by atoms with E-state index in [1.165, 1.54) is 202 Å². The number of nitrogens with zero attached hydrogens (tertiary/aromatic N) is 9. The van der Waals surface area contributed by atoms with E-state index in [0.717, 1.165) is 110 Å². The summed E-state index contributed by atoms with van der Waals surface area (Å²) in [6.07, 6.45) is 5.76. The monoisotopic (exact) mass is 1820 g/mol. The van der Waals surface area contributed by atoms with E-state index < -0.39 is 0 Å². The van der Waals surface area contributed by atoms with Crippen molar-refractivity contribution in [3.63, 3.8) is 0 Å². The van der Waals surface area contributed by atoms with E-state index in [1.54, 1.807) is 0 Å². The lowest BCUT2D eigenvalue weighted by Gasteiger charge is -2.11. The van der Waals surface area contributed by atoms with Crippen molar-refractivity contribution in [1.29, 1.82) is 0 Å². The molecule has 0 bridgehead atoms. The van der Waals surface area contributed by atoms with E-state index in [1.807, 2.05) is 18.6 Å². The van der Waals surface area contributed by atoms with Gasteiger partial charge in [-0.15, -0.1) is 0 Å². The minimum Gasteiger partial charge on any atom is -0.308 e. The molecule has 0 atom stereocenters. The zero-order valence-corrected chi connectivity index (χ0v) is 77.8. The molecule has 32 rings (SSSR count). The van der Waals surface area contributed by atoms with Gasteiger partial charge in [-0.25, -0.2) is 15.0 Å². The third kappa shape index (κ3) is 12.4. The Bertz CT molecular complexity index is 10900. The van der Waals surface area contributed by atoms with Crippen molar-refractivity contribution >= 4 is 212 Å². The zero-order chi connectivity index (χ0) is 93.9. The highest BCUT2D eigenvalue weighted by Gasteiger charge is 2.26. The molecule has 0 aliphatic heterocycles. The number of benzene rings is 23. The first kappa shape index (κ1) is 80.2. The predicted molar refractivity (Wildman–Crippen MR) is 601 cm³/mol. The summed E-state index contributed by atoms with van der Waals surface area (Å²) in [5, 5.41) is 29.5. The van der Waals surface area contributed by atoms with Gasteiger partial charge in [0, 0.05) is 114 Å². The molecule has 0 spiro atoms. The highest BCUT2D eigenvalue weighted by atomic mass is 14.9. The van der Waals surface area contributed by atoms with Gasteiger partial charge in [-0.05, 0) is 210 Å². The number of para-hydroxylation sites is 2. The molecule has 0 unspecified atom stereocenters. The average Bonchev–Trinajstić information content (AvgIpc) is 1.55. The Hall–Kier alpha value is -19.0. The van der Waals surface area contributed by atoms with Crippen LogP contribution < -0.4 is 0 Å². The molecule has 23 aromatic carbocycles. The molecule has 9 heterocycles. The van der Waals surface area contributed by atoms with Gasteiger partial charge in [0.15, 0.2) is 0 Å². The Morgan fingerprint density at radius 2 is 0.378 bits per heavy atom. The molecule has 0 fully saturated rings. The zero-order valence-electron chi connectivity index (χ0n) is 77.8. The topological polar surface area (TPSA) is 90.6 Å². The summed E-state index contributed by atoms with van der Waals surface area (Å²) in [5.74, 6) is 0. The van der Waals surface area contributed by atoms with Gasteiger partial charge in [-0.3, -0.25) is 15.0 Å². The lowest BCUT2D eigenvalue weighted by atomic mass is 9.97. The van der Waals surface area contributed by atoms with Gasteiger partial charge in [0.2, 0.25) is 0 Å². The second kappa shape index (κ2) is 31.3. The third-order valence-corrected chi connectivity index (χ3v) is 30.3. The summed E-state index contributed by atoms with van der Waals surface area (Å²) < 4.78 is 7.35. The van der Waals surface area contributed by atoms with Crippen LogP contribution in [0.5, 0.6) is 0 Å². The first-order valence-electron chi connectivity index (χ1n) is 49.0. The molecule has 0 saturated heterocycles. The van der Waals surface area contributed by atoms with Crippen LogP contribution in [0.4, 0.5) is 0 Å². The van der Waals surface area contributed by atoms with Gasteiger partial charge in [-0.2, -0.15) is 0 Å². The maximum absolute atomic E-state index is 5.26. The van der Waals surface area contributed by atoms with Crippen molar-refractivity contribution in [3.05, 3.63) is 466 Å². The summed E-state index contributed by atoms with van der Waals surface area (Å²) in [6, 6.07) is 158. The maximum Gasteiger partial charge on any atom is 0.0979 e.